The summed E-state index contributed by atoms with van der Waals surface area (Å²) in [5, 5.41) is 6.16. The van der Waals surface area contributed by atoms with Crippen molar-refractivity contribution in [2.24, 2.45) is 0 Å². The second kappa shape index (κ2) is 7.26. The van der Waals surface area contributed by atoms with E-state index >= 15 is 0 Å². The summed E-state index contributed by atoms with van der Waals surface area (Å²) < 4.78 is 10.7. The third kappa shape index (κ3) is 4.21. The van der Waals surface area contributed by atoms with Crippen molar-refractivity contribution in [3.05, 3.63) is 24.3 Å². The number of rotatable bonds is 5. The largest absolute Gasteiger partial charge is 0.497 e. The van der Waals surface area contributed by atoms with Gasteiger partial charge in [0.15, 0.2) is 0 Å². The van der Waals surface area contributed by atoms with Gasteiger partial charge in [0.2, 0.25) is 5.91 Å². The molecule has 1 aromatic carbocycles. The summed E-state index contributed by atoms with van der Waals surface area (Å²) in [5.74, 6) is 0.634. The molecule has 0 bridgehead atoms. The molecule has 0 radical (unpaired) electrons. The molecular formula is C15H22N2O3. The normalized spacial score (nSPS) is 22.3. The van der Waals surface area contributed by atoms with E-state index in [1.54, 1.807) is 7.11 Å². The van der Waals surface area contributed by atoms with Crippen molar-refractivity contribution in [2.75, 3.05) is 25.6 Å². The quantitative estimate of drug-likeness (QED) is 0.862. The smallest absolute Gasteiger partial charge is 0.250 e. The van der Waals surface area contributed by atoms with Crippen molar-refractivity contribution in [3.8, 4) is 5.75 Å². The van der Waals surface area contributed by atoms with Gasteiger partial charge in [0.1, 0.15) is 12.4 Å². The Morgan fingerprint density at radius 2 is 2.15 bits per heavy atom. The van der Waals surface area contributed by atoms with E-state index in [2.05, 4.69) is 17.6 Å². The number of hydrogen-bond acceptors (Lipinski definition) is 4. The highest BCUT2D eigenvalue weighted by molar-refractivity contribution is 5.91. The second-order valence-corrected chi connectivity index (χ2v) is 5.01. The monoisotopic (exact) mass is 278 g/mol. The number of benzene rings is 1. The fourth-order valence-electron chi connectivity index (χ4n) is 2.30. The Balaban J connectivity index is 1.76. The molecule has 1 saturated heterocycles. The minimum atomic E-state index is -0.132. The molecule has 0 saturated carbocycles. The van der Waals surface area contributed by atoms with Gasteiger partial charge in [-0.25, -0.2) is 0 Å². The molecule has 2 atom stereocenters. The van der Waals surface area contributed by atoms with E-state index in [1.165, 1.54) is 0 Å². The number of methoxy groups -OCH3 is 1. The molecule has 0 spiro atoms. The first-order valence-electron chi connectivity index (χ1n) is 6.98. The minimum Gasteiger partial charge on any atom is -0.497 e. The SMILES string of the molecule is COc1ccc(NC(=O)COC2CCCNC2C)cc1. The molecule has 5 nitrogen and oxygen atoms in total. The molecule has 1 aliphatic rings. The number of ether oxygens (including phenoxy) is 2. The molecule has 0 aliphatic carbocycles. The summed E-state index contributed by atoms with van der Waals surface area (Å²) in [6.45, 7) is 3.20. The Kier molecular flexibility index (Phi) is 5.38. The van der Waals surface area contributed by atoms with Crippen LogP contribution >= 0.6 is 0 Å². The van der Waals surface area contributed by atoms with E-state index in [0.717, 1.165) is 30.8 Å². The average molecular weight is 278 g/mol. The van der Waals surface area contributed by atoms with Crippen molar-refractivity contribution < 1.29 is 14.3 Å². The summed E-state index contributed by atoms with van der Waals surface area (Å²) in [6, 6.07) is 7.54. The molecule has 1 amide bonds. The molecule has 1 heterocycles. The zero-order chi connectivity index (χ0) is 14.4. The summed E-state index contributed by atoms with van der Waals surface area (Å²) >= 11 is 0. The Morgan fingerprint density at radius 1 is 1.40 bits per heavy atom. The molecule has 20 heavy (non-hydrogen) atoms. The number of nitrogens with one attached hydrogen (secondary N) is 2. The van der Waals surface area contributed by atoms with E-state index in [4.69, 9.17) is 9.47 Å². The molecule has 0 aromatic heterocycles. The van der Waals surface area contributed by atoms with Crippen LogP contribution in [0.5, 0.6) is 5.75 Å². The Morgan fingerprint density at radius 3 is 2.80 bits per heavy atom. The van der Waals surface area contributed by atoms with Crippen LogP contribution in [0.3, 0.4) is 0 Å². The Labute approximate surface area is 119 Å². The lowest BCUT2D eigenvalue weighted by atomic mass is 10.0. The second-order valence-electron chi connectivity index (χ2n) is 5.01. The molecule has 2 unspecified atom stereocenters. The minimum absolute atomic E-state index is 0.0860. The molecular weight excluding hydrogens is 256 g/mol. The van der Waals surface area contributed by atoms with Gasteiger partial charge >= 0.3 is 0 Å². The standard InChI is InChI=1S/C15H22N2O3/c1-11-14(4-3-9-16-11)20-10-15(18)17-12-5-7-13(19-2)8-6-12/h5-8,11,14,16H,3-4,9-10H2,1-2H3,(H,17,18). The van der Waals surface area contributed by atoms with Crippen molar-refractivity contribution in [1.29, 1.82) is 0 Å². The van der Waals surface area contributed by atoms with Gasteiger partial charge in [0, 0.05) is 11.7 Å². The summed E-state index contributed by atoms with van der Waals surface area (Å²) in [4.78, 5) is 11.8. The van der Waals surface area contributed by atoms with Crippen LogP contribution in [-0.4, -0.2) is 38.3 Å². The molecule has 1 aliphatic heterocycles. The van der Waals surface area contributed by atoms with Crippen molar-refractivity contribution >= 4 is 11.6 Å². The lowest BCUT2D eigenvalue weighted by Gasteiger charge is -2.29. The van der Waals surface area contributed by atoms with Crippen LogP contribution in [0.4, 0.5) is 5.69 Å². The van der Waals surface area contributed by atoms with Gasteiger partial charge in [-0.05, 0) is 50.6 Å². The maximum Gasteiger partial charge on any atom is 0.250 e. The van der Waals surface area contributed by atoms with Crippen LogP contribution in [0.15, 0.2) is 24.3 Å². The van der Waals surface area contributed by atoms with Crippen LogP contribution in [-0.2, 0) is 9.53 Å². The van der Waals surface area contributed by atoms with Gasteiger partial charge in [-0.2, -0.15) is 0 Å². The third-order valence-corrected chi connectivity index (χ3v) is 3.49. The van der Waals surface area contributed by atoms with E-state index in [9.17, 15) is 4.79 Å². The molecule has 2 rings (SSSR count). The number of hydrogen-bond donors (Lipinski definition) is 2. The number of anilines is 1. The Bertz CT molecular complexity index is 433. The zero-order valence-electron chi connectivity index (χ0n) is 12.0. The van der Waals surface area contributed by atoms with E-state index in [0.29, 0.717) is 6.04 Å². The number of amides is 1. The summed E-state index contributed by atoms with van der Waals surface area (Å²) in [7, 11) is 1.61. The van der Waals surface area contributed by atoms with Crippen LogP contribution in [0.1, 0.15) is 19.8 Å². The zero-order valence-corrected chi connectivity index (χ0v) is 12.0. The number of carbonyl (C=O) groups excluding carboxylic acids is 1. The van der Waals surface area contributed by atoms with Crippen molar-refractivity contribution in [2.45, 2.75) is 31.9 Å². The molecule has 1 fully saturated rings. The number of piperidine rings is 1. The molecule has 5 heteroatoms. The highest BCUT2D eigenvalue weighted by Crippen LogP contribution is 2.15. The van der Waals surface area contributed by atoms with Gasteiger partial charge < -0.3 is 20.1 Å². The lowest BCUT2D eigenvalue weighted by Crippen LogP contribution is -2.44. The van der Waals surface area contributed by atoms with E-state index in [1.807, 2.05) is 24.3 Å². The van der Waals surface area contributed by atoms with Gasteiger partial charge in [-0.1, -0.05) is 0 Å². The molecule has 2 N–H and O–H groups in total. The molecule has 110 valence electrons. The van der Waals surface area contributed by atoms with Crippen molar-refractivity contribution in [1.82, 2.24) is 5.32 Å². The van der Waals surface area contributed by atoms with Gasteiger partial charge in [0.25, 0.3) is 0 Å². The predicted octanol–water partition coefficient (Wildman–Crippen LogP) is 1.79. The maximum absolute atomic E-state index is 11.8. The summed E-state index contributed by atoms with van der Waals surface area (Å²) in [6.07, 6.45) is 2.21. The lowest BCUT2D eigenvalue weighted by molar-refractivity contribution is -0.123. The number of carbonyl (C=O) groups is 1. The van der Waals surface area contributed by atoms with Crippen LogP contribution in [0.2, 0.25) is 0 Å². The first-order valence-corrected chi connectivity index (χ1v) is 6.98. The van der Waals surface area contributed by atoms with Gasteiger partial charge in [-0.15, -0.1) is 0 Å². The third-order valence-electron chi connectivity index (χ3n) is 3.49. The summed E-state index contributed by atoms with van der Waals surface area (Å²) in [5.41, 5.74) is 0.745. The van der Waals surface area contributed by atoms with Crippen LogP contribution in [0, 0.1) is 0 Å². The highest BCUT2D eigenvalue weighted by Gasteiger charge is 2.22. The Hall–Kier alpha value is -1.59. The van der Waals surface area contributed by atoms with Crippen LogP contribution < -0.4 is 15.4 Å². The fourth-order valence-corrected chi connectivity index (χ4v) is 2.30. The predicted molar refractivity (Wildman–Crippen MR) is 78.1 cm³/mol. The first kappa shape index (κ1) is 14.8. The van der Waals surface area contributed by atoms with E-state index < -0.39 is 0 Å². The average Bonchev–Trinajstić information content (AvgIpc) is 2.47. The topological polar surface area (TPSA) is 59.6 Å². The fraction of sp³-hybridized carbons (Fsp3) is 0.533. The van der Waals surface area contributed by atoms with Crippen molar-refractivity contribution in [3.63, 3.8) is 0 Å². The maximum atomic E-state index is 11.8. The first-order chi connectivity index (χ1) is 9.69. The van der Waals surface area contributed by atoms with Gasteiger partial charge in [0.05, 0.1) is 13.2 Å². The van der Waals surface area contributed by atoms with Crippen LogP contribution in [0.25, 0.3) is 0 Å². The highest BCUT2D eigenvalue weighted by atomic mass is 16.5. The van der Waals surface area contributed by atoms with E-state index in [-0.39, 0.29) is 18.6 Å². The van der Waals surface area contributed by atoms with Gasteiger partial charge in [-0.3, -0.25) is 4.79 Å². The molecule has 1 aromatic rings.